The van der Waals surface area contributed by atoms with E-state index in [9.17, 15) is 8.42 Å². The standard InChI is InChI=1S/C10H16N2O2S/c11-7-8-12-15(13,14)9-6-10-4-2-1-3-5-10/h1-5,12H,6-9,11H2. The molecule has 0 spiro atoms. The maximum absolute atomic E-state index is 11.4. The van der Waals surface area contributed by atoms with Crippen molar-refractivity contribution in [1.82, 2.24) is 4.72 Å². The van der Waals surface area contributed by atoms with Gasteiger partial charge in [-0.05, 0) is 12.0 Å². The summed E-state index contributed by atoms with van der Waals surface area (Å²) in [7, 11) is -3.17. The molecule has 0 atom stereocenters. The summed E-state index contributed by atoms with van der Waals surface area (Å²) in [5.41, 5.74) is 6.24. The van der Waals surface area contributed by atoms with Crippen LogP contribution in [-0.4, -0.2) is 27.3 Å². The molecule has 1 aromatic rings. The van der Waals surface area contributed by atoms with Gasteiger partial charge in [0.05, 0.1) is 5.75 Å². The molecule has 0 heterocycles. The maximum atomic E-state index is 11.4. The third-order valence-electron chi connectivity index (χ3n) is 1.97. The molecule has 1 aromatic carbocycles. The number of nitrogens with one attached hydrogen (secondary N) is 1. The maximum Gasteiger partial charge on any atom is 0.211 e. The zero-order valence-corrected chi connectivity index (χ0v) is 9.33. The first-order valence-electron chi connectivity index (χ1n) is 4.85. The highest BCUT2D eigenvalue weighted by molar-refractivity contribution is 7.89. The molecule has 0 aliphatic rings. The number of aryl methyl sites for hydroxylation is 1. The number of rotatable bonds is 6. The second-order valence-corrected chi connectivity index (χ2v) is 5.16. The highest BCUT2D eigenvalue weighted by atomic mass is 32.2. The van der Waals surface area contributed by atoms with Gasteiger partial charge in [0.1, 0.15) is 0 Å². The molecule has 0 radical (unpaired) electrons. The molecule has 0 aliphatic carbocycles. The summed E-state index contributed by atoms with van der Waals surface area (Å²) in [6.07, 6.45) is 0.529. The predicted molar refractivity (Wildman–Crippen MR) is 61.0 cm³/mol. The summed E-state index contributed by atoms with van der Waals surface area (Å²) in [5.74, 6) is 0.108. The highest BCUT2D eigenvalue weighted by Gasteiger charge is 2.08. The minimum absolute atomic E-state index is 0.108. The Morgan fingerprint density at radius 1 is 1.20 bits per heavy atom. The minimum atomic E-state index is -3.17. The molecule has 3 N–H and O–H groups in total. The molecule has 0 aromatic heterocycles. The van der Waals surface area contributed by atoms with Crippen molar-refractivity contribution in [2.24, 2.45) is 5.73 Å². The van der Waals surface area contributed by atoms with Crippen LogP contribution < -0.4 is 10.5 Å². The Morgan fingerprint density at radius 3 is 2.47 bits per heavy atom. The van der Waals surface area contributed by atoms with Crippen molar-refractivity contribution in [3.63, 3.8) is 0 Å². The minimum Gasteiger partial charge on any atom is -0.329 e. The lowest BCUT2D eigenvalue weighted by Gasteiger charge is -2.05. The third-order valence-corrected chi connectivity index (χ3v) is 3.35. The molecular formula is C10H16N2O2S. The molecule has 1 rings (SSSR count). The fraction of sp³-hybridized carbons (Fsp3) is 0.400. The van der Waals surface area contributed by atoms with E-state index < -0.39 is 10.0 Å². The monoisotopic (exact) mass is 228 g/mol. The molecule has 0 saturated heterocycles. The summed E-state index contributed by atoms with van der Waals surface area (Å²) in [6, 6.07) is 9.53. The van der Waals surface area contributed by atoms with E-state index in [2.05, 4.69) is 4.72 Å². The Balaban J connectivity index is 2.43. The Hall–Kier alpha value is -0.910. The second-order valence-electron chi connectivity index (χ2n) is 3.24. The molecule has 0 amide bonds. The molecule has 0 unspecified atom stereocenters. The summed E-state index contributed by atoms with van der Waals surface area (Å²) in [4.78, 5) is 0. The fourth-order valence-corrected chi connectivity index (χ4v) is 2.26. The summed E-state index contributed by atoms with van der Waals surface area (Å²) < 4.78 is 25.2. The van der Waals surface area contributed by atoms with Crippen LogP contribution in [0.4, 0.5) is 0 Å². The van der Waals surface area contributed by atoms with Crippen LogP contribution in [0.25, 0.3) is 0 Å². The van der Waals surface area contributed by atoms with E-state index in [0.29, 0.717) is 19.5 Å². The van der Waals surface area contributed by atoms with Gasteiger partial charge in [-0.25, -0.2) is 13.1 Å². The van der Waals surface area contributed by atoms with E-state index in [0.717, 1.165) is 5.56 Å². The molecular weight excluding hydrogens is 212 g/mol. The number of benzene rings is 1. The Bertz CT molecular complexity index is 376. The normalized spacial score (nSPS) is 11.5. The number of sulfonamides is 1. The lowest BCUT2D eigenvalue weighted by Crippen LogP contribution is -2.31. The Morgan fingerprint density at radius 2 is 1.87 bits per heavy atom. The van der Waals surface area contributed by atoms with Crippen molar-refractivity contribution in [3.05, 3.63) is 35.9 Å². The molecule has 0 fully saturated rings. The molecule has 4 nitrogen and oxygen atoms in total. The van der Waals surface area contributed by atoms with Crippen molar-refractivity contribution in [2.75, 3.05) is 18.8 Å². The number of nitrogens with two attached hydrogens (primary N) is 1. The van der Waals surface area contributed by atoms with Crippen molar-refractivity contribution in [2.45, 2.75) is 6.42 Å². The van der Waals surface area contributed by atoms with E-state index in [-0.39, 0.29) is 5.75 Å². The predicted octanol–water partition coefficient (Wildman–Crippen LogP) is 0.107. The van der Waals surface area contributed by atoms with Crippen molar-refractivity contribution >= 4 is 10.0 Å². The van der Waals surface area contributed by atoms with E-state index >= 15 is 0 Å². The Kier molecular flexibility index (Phi) is 4.74. The van der Waals surface area contributed by atoms with E-state index in [1.807, 2.05) is 30.3 Å². The first-order valence-corrected chi connectivity index (χ1v) is 6.50. The van der Waals surface area contributed by atoms with E-state index in [4.69, 9.17) is 5.73 Å². The van der Waals surface area contributed by atoms with Gasteiger partial charge in [-0.2, -0.15) is 0 Å². The SMILES string of the molecule is NCCNS(=O)(=O)CCc1ccccc1. The molecule has 84 valence electrons. The van der Waals surface area contributed by atoms with Gasteiger partial charge >= 0.3 is 0 Å². The molecule has 0 saturated carbocycles. The summed E-state index contributed by atoms with van der Waals surface area (Å²) >= 11 is 0. The summed E-state index contributed by atoms with van der Waals surface area (Å²) in [6.45, 7) is 0.627. The zero-order chi connectivity index (χ0) is 11.1. The molecule has 5 heteroatoms. The fourth-order valence-electron chi connectivity index (χ4n) is 1.18. The van der Waals surface area contributed by atoms with Crippen LogP contribution in [0, 0.1) is 0 Å². The molecule has 15 heavy (non-hydrogen) atoms. The van der Waals surface area contributed by atoms with Crippen LogP contribution >= 0.6 is 0 Å². The van der Waals surface area contributed by atoms with E-state index in [1.54, 1.807) is 0 Å². The quantitative estimate of drug-likeness (QED) is 0.725. The highest BCUT2D eigenvalue weighted by Crippen LogP contribution is 2.00. The van der Waals surface area contributed by atoms with Crippen LogP contribution in [0.5, 0.6) is 0 Å². The number of hydrogen-bond acceptors (Lipinski definition) is 3. The van der Waals surface area contributed by atoms with Crippen molar-refractivity contribution < 1.29 is 8.42 Å². The van der Waals surface area contributed by atoms with Crippen LogP contribution in [0.2, 0.25) is 0 Å². The zero-order valence-electron chi connectivity index (χ0n) is 8.52. The average molecular weight is 228 g/mol. The smallest absolute Gasteiger partial charge is 0.211 e. The van der Waals surface area contributed by atoms with E-state index in [1.165, 1.54) is 0 Å². The van der Waals surface area contributed by atoms with Gasteiger partial charge in [-0.1, -0.05) is 30.3 Å². The summed E-state index contributed by atoms with van der Waals surface area (Å²) in [5, 5.41) is 0. The van der Waals surface area contributed by atoms with Crippen molar-refractivity contribution in [3.8, 4) is 0 Å². The molecule has 0 aliphatic heterocycles. The second kappa shape index (κ2) is 5.85. The average Bonchev–Trinajstić information content (AvgIpc) is 2.25. The van der Waals surface area contributed by atoms with Gasteiger partial charge in [0.2, 0.25) is 10.0 Å². The van der Waals surface area contributed by atoms with Gasteiger partial charge in [-0.3, -0.25) is 0 Å². The van der Waals surface area contributed by atoms with Gasteiger partial charge in [-0.15, -0.1) is 0 Å². The third kappa shape index (κ3) is 4.92. The van der Waals surface area contributed by atoms with Crippen molar-refractivity contribution in [1.29, 1.82) is 0 Å². The first-order chi connectivity index (χ1) is 7.14. The Labute approximate surface area is 90.5 Å². The largest absolute Gasteiger partial charge is 0.329 e. The van der Waals surface area contributed by atoms with Crippen LogP contribution in [0.15, 0.2) is 30.3 Å². The lowest BCUT2D eigenvalue weighted by molar-refractivity contribution is 0.581. The van der Waals surface area contributed by atoms with Crippen LogP contribution in [0.1, 0.15) is 5.56 Å². The van der Waals surface area contributed by atoms with Gasteiger partial charge < -0.3 is 5.73 Å². The van der Waals surface area contributed by atoms with Gasteiger partial charge in [0.15, 0.2) is 0 Å². The topological polar surface area (TPSA) is 72.2 Å². The molecule has 0 bridgehead atoms. The van der Waals surface area contributed by atoms with Gasteiger partial charge in [0, 0.05) is 13.1 Å². The van der Waals surface area contributed by atoms with Crippen LogP contribution in [0.3, 0.4) is 0 Å². The first kappa shape index (κ1) is 12.2. The van der Waals surface area contributed by atoms with Crippen LogP contribution in [-0.2, 0) is 16.4 Å². The number of hydrogen-bond donors (Lipinski definition) is 2. The van der Waals surface area contributed by atoms with Gasteiger partial charge in [0.25, 0.3) is 0 Å². The lowest BCUT2D eigenvalue weighted by atomic mass is 10.2.